The SMILES string of the molecule is O=C(Cn1cc(S(=O)(=O)Cc2ccc(F)cc2)c2ccccc21)N1CCN(C(c2ccccc2)c2ccccc2)CC1. The molecule has 8 heteroatoms. The Labute approximate surface area is 245 Å². The van der Waals surface area contributed by atoms with E-state index in [2.05, 4.69) is 53.4 Å². The molecule has 6 rings (SSSR count). The van der Waals surface area contributed by atoms with Gasteiger partial charge in [-0.1, -0.05) is 91.0 Å². The fraction of sp³-hybridized carbons (Fsp3) is 0.206. The summed E-state index contributed by atoms with van der Waals surface area (Å²) < 4.78 is 41.9. The van der Waals surface area contributed by atoms with Gasteiger partial charge in [-0.25, -0.2) is 12.8 Å². The van der Waals surface area contributed by atoms with Crippen molar-refractivity contribution in [3.63, 3.8) is 0 Å². The lowest BCUT2D eigenvalue weighted by Gasteiger charge is -2.40. The number of nitrogens with zero attached hydrogens (tertiary/aromatic N) is 3. The van der Waals surface area contributed by atoms with Gasteiger partial charge in [-0.05, 0) is 34.9 Å². The Balaban J connectivity index is 1.18. The van der Waals surface area contributed by atoms with Crippen molar-refractivity contribution in [1.29, 1.82) is 0 Å². The largest absolute Gasteiger partial charge is 0.339 e. The number of amides is 1. The van der Waals surface area contributed by atoms with E-state index in [4.69, 9.17) is 0 Å². The summed E-state index contributed by atoms with van der Waals surface area (Å²) in [5.41, 5.74) is 3.63. The number of aromatic nitrogens is 1. The average molecular weight is 582 g/mol. The second-order valence-electron chi connectivity index (χ2n) is 10.7. The first kappa shape index (κ1) is 27.9. The highest BCUT2D eigenvalue weighted by atomic mass is 32.2. The lowest BCUT2D eigenvalue weighted by Crippen LogP contribution is -2.50. The van der Waals surface area contributed by atoms with Crippen LogP contribution in [0.1, 0.15) is 22.7 Å². The highest BCUT2D eigenvalue weighted by molar-refractivity contribution is 7.90. The Morgan fingerprint density at radius 1 is 0.738 bits per heavy atom. The minimum atomic E-state index is -3.74. The van der Waals surface area contributed by atoms with E-state index < -0.39 is 15.7 Å². The van der Waals surface area contributed by atoms with Crippen molar-refractivity contribution in [2.75, 3.05) is 26.2 Å². The van der Waals surface area contributed by atoms with Crippen LogP contribution in [0.5, 0.6) is 0 Å². The number of carbonyl (C=O) groups excluding carboxylic acids is 1. The Bertz CT molecular complexity index is 1740. The molecule has 1 saturated heterocycles. The lowest BCUT2D eigenvalue weighted by molar-refractivity contribution is -0.133. The zero-order valence-electron chi connectivity index (χ0n) is 23.1. The molecular formula is C34H32FN3O3S. The Morgan fingerprint density at radius 2 is 1.31 bits per heavy atom. The van der Waals surface area contributed by atoms with Gasteiger partial charge in [-0.2, -0.15) is 0 Å². The summed E-state index contributed by atoms with van der Waals surface area (Å²) in [5, 5.41) is 0.575. The van der Waals surface area contributed by atoms with E-state index in [-0.39, 0.29) is 29.1 Å². The van der Waals surface area contributed by atoms with Crippen molar-refractivity contribution in [2.24, 2.45) is 0 Å². The van der Waals surface area contributed by atoms with E-state index in [9.17, 15) is 17.6 Å². The number of para-hydroxylation sites is 1. The Kier molecular flexibility index (Phi) is 7.91. The van der Waals surface area contributed by atoms with E-state index in [1.807, 2.05) is 29.2 Å². The number of sulfone groups is 1. The molecule has 1 fully saturated rings. The molecule has 0 unspecified atom stereocenters. The molecule has 2 heterocycles. The van der Waals surface area contributed by atoms with E-state index in [0.717, 1.165) is 13.1 Å². The van der Waals surface area contributed by atoms with Crippen molar-refractivity contribution in [3.05, 3.63) is 138 Å². The molecule has 1 aliphatic rings. The van der Waals surface area contributed by atoms with Gasteiger partial charge < -0.3 is 9.47 Å². The molecule has 0 radical (unpaired) electrons. The fourth-order valence-corrected chi connectivity index (χ4v) is 7.41. The number of benzene rings is 4. The summed E-state index contributed by atoms with van der Waals surface area (Å²) in [6, 6.07) is 33.7. The predicted molar refractivity (Wildman–Crippen MR) is 162 cm³/mol. The molecule has 0 saturated carbocycles. The zero-order valence-corrected chi connectivity index (χ0v) is 24.0. The fourth-order valence-electron chi connectivity index (χ4n) is 5.83. The van der Waals surface area contributed by atoms with Crippen molar-refractivity contribution in [3.8, 4) is 0 Å². The van der Waals surface area contributed by atoms with Crippen molar-refractivity contribution in [2.45, 2.75) is 23.2 Å². The quantitative estimate of drug-likeness (QED) is 0.236. The molecule has 0 N–H and O–H groups in total. The zero-order chi connectivity index (χ0) is 29.1. The van der Waals surface area contributed by atoms with Crippen molar-refractivity contribution < 1.29 is 17.6 Å². The van der Waals surface area contributed by atoms with Crippen LogP contribution in [-0.2, 0) is 26.9 Å². The second kappa shape index (κ2) is 11.9. The maximum absolute atomic E-state index is 13.5. The molecule has 6 nitrogen and oxygen atoms in total. The lowest BCUT2D eigenvalue weighted by atomic mass is 9.96. The number of fused-ring (bicyclic) bond motifs is 1. The first-order valence-corrected chi connectivity index (χ1v) is 15.7. The number of piperazine rings is 1. The van der Waals surface area contributed by atoms with Gasteiger partial charge in [0.15, 0.2) is 9.84 Å². The third kappa shape index (κ3) is 5.86. The molecule has 0 spiro atoms. The van der Waals surface area contributed by atoms with Gasteiger partial charge in [0.2, 0.25) is 5.91 Å². The van der Waals surface area contributed by atoms with Crippen LogP contribution >= 0.6 is 0 Å². The molecule has 0 bridgehead atoms. The number of carbonyl (C=O) groups is 1. The van der Waals surface area contributed by atoms with Crippen LogP contribution in [0.15, 0.2) is 120 Å². The highest BCUT2D eigenvalue weighted by Crippen LogP contribution is 2.31. The average Bonchev–Trinajstić information content (AvgIpc) is 3.39. The maximum Gasteiger partial charge on any atom is 0.242 e. The van der Waals surface area contributed by atoms with Gasteiger partial charge in [0.25, 0.3) is 0 Å². The smallest absolute Gasteiger partial charge is 0.242 e. The van der Waals surface area contributed by atoms with Gasteiger partial charge in [0.05, 0.1) is 16.7 Å². The number of halogens is 1. The van der Waals surface area contributed by atoms with Crippen LogP contribution < -0.4 is 0 Å². The molecule has 0 atom stereocenters. The summed E-state index contributed by atoms with van der Waals surface area (Å²) in [6.45, 7) is 2.68. The maximum atomic E-state index is 13.5. The topological polar surface area (TPSA) is 62.6 Å². The first-order chi connectivity index (χ1) is 20.4. The van der Waals surface area contributed by atoms with E-state index in [1.54, 1.807) is 22.9 Å². The van der Waals surface area contributed by atoms with E-state index in [0.29, 0.717) is 29.6 Å². The van der Waals surface area contributed by atoms with E-state index >= 15 is 0 Å². The molecule has 1 amide bonds. The third-order valence-electron chi connectivity index (χ3n) is 7.93. The molecule has 1 aliphatic heterocycles. The standard InChI is InChI=1S/C34H32FN3O3S/c35-29-17-15-26(16-18-29)25-42(40,41)32-23-38(31-14-8-7-13-30(31)32)24-33(39)36-19-21-37(22-20-36)34(27-9-3-1-4-10-27)28-11-5-2-6-12-28/h1-18,23,34H,19-22,24-25H2. The molecule has 42 heavy (non-hydrogen) atoms. The van der Waals surface area contributed by atoms with Crippen LogP contribution in [0.25, 0.3) is 10.9 Å². The van der Waals surface area contributed by atoms with Gasteiger partial charge in [-0.15, -0.1) is 0 Å². The minimum absolute atomic E-state index is 0.0474. The predicted octanol–water partition coefficient (Wildman–Crippen LogP) is 5.69. The van der Waals surface area contributed by atoms with Crippen LogP contribution in [0, 0.1) is 5.82 Å². The summed E-state index contributed by atoms with van der Waals surface area (Å²) in [6.07, 6.45) is 1.57. The molecule has 4 aromatic carbocycles. The Morgan fingerprint density at radius 3 is 1.93 bits per heavy atom. The normalized spacial score (nSPS) is 14.5. The van der Waals surface area contributed by atoms with Crippen LogP contribution in [0.2, 0.25) is 0 Å². The minimum Gasteiger partial charge on any atom is -0.339 e. The number of hydrogen-bond donors (Lipinski definition) is 0. The molecular weight excluding hydrogens is 549 g/mol. The van der Waals surface area contributed by atoms with E-state index in [1.165, 1.54) is 35.4 Å². The Hall–Kier alpha value is -4.27. The molecule has 214 valence electrons. The van der Waals surface area contributed by atoms with Gasteiger partial charge in [0.1, 0.15) is 12.4 Å². The highest BCUT2D eigenvalue weighted by Gasteiger charge is 2.29. The molecule has 5 aromatic rings. The second-order valence-corrected chi connectivity index (χ2v) is 12.6. The summed E-state index contributed by atoms with van der Waals surface area (Å²) in [5.74, 6) is -0.710. The number of hydrogen-bond acceptors (Lipinski definition) is 4. The number of rotatable bonds is 8. The van der Waals surface area contributed by atoms with Gasteiger partial charge in [-0.3, -0.25) is 9.69 Å². The monoisotopic (exact) mass is 581 g/mol. The third-order valence-corrected chi connectivity index (χ3v) is 9.63. The van der Waals surface area contributed by atoms with Crippen molar-refractivity contribution >= 4 is 26.6 Å². The van der Waals surface area contributed by atoms with Crippen LogP contribution in [0.4, 0.5) is 4.39 Å². The van der Waals surface area contributed by atoms with Crippen molar-refractivity contribution in [1.82, 2.24) is 14.4 Å². The summed E-state index contributed by atoms with van der Waals surface area (Å²) in [4.78, 5) is 18.0. The first-order valence-electron chi connectivity index (χ1n) is 14.1. The van der Waals surface area contributed by atoms with Crippen LogP contribution in [-0.4, -0.2) is 54.9 Å². The summed E-state index contributed by atoms with van der Waals surface area (Å²) >= 11 is 0. The van der Waals surface area contributed by atoms with Crippen LogP contribution in [0.3, 0.4) is 0 Å². The van der Waals surface area contributed by atoms with Gasteiger partial charge in [0, 0.05) is 43.3 Å². The van der Waals surface area contributed by atoms with Gasteiger partial charge >= 0.3 is 0 Å². The molecule has 0 aliphatic carbocycles. The summed E-state index contributed by atoms with van der Waals surface area (Å²) in [7, 11) is -3.74. The molecule has 1 aromatic heterocycles.